The molecule has 1 fully saturated rings. The average molecular weight is 222 g/mol. The molecule has 0 amide bonds. The molecule has 88 valence electrons. The third kappa shape index (κ3) is 3.06. The topological polar surface area (TPSA) is 59.1 Å². The molecule has 1 saturated heterocycles. The fourth-order valence-corrected chi connectivity index (χ4v) is 1.87. The van der Waals surface area contributed by atoms with E-state index in [9.17, 15) is 0 Å². The highest BCUT2D eigenvalue weighted by Gasteiger charge is 2.12. The summed E-state index contributed by atoms with van der Waals surface area (Å²) in [6.07, 6.45) is 5.34. The van der Waals surface area contributed by atoms with Crippen molar-refractivity contribution in [3.05, 3.63) is 12.4 Å². The molecule has 1 aliphatic heterocycles. The summed E-state index contributed by atoms with van der Waals surface area (Å²) < 4.78 is 5.04. The van der Waals surface area contributed by atoms with Crippen molar-refractivity contribution in [3.63, 3.8) is 0 Å². The Labute approximate surface area is 95.6 Å². The van der Waals surface area contributed by atoms with Gasteiger partial charge in [0.15, 0.2) is 0 Å². The fourth-order valence-electron chi connectivity index (χ4n) is 1.87. The number of nitrogens with zero attached hydrogens (tertiary/aromatic N) is 2. The van der Waals surface area contributed by atoms with Crippen LogP contribution in [0.3, 0.4) is 0 Å². The molecule has 1 aliphatic rings. The zero-order chi connectivity index (χ0) is 11.2. The van der Waals surface area contributed by atoms with E-state index in [-0.39, 0.29) is 0 Å². The molecule has 2 heterocycles. The molecule has 16 heavy (non-hydrogen) atoms. The molecule has 5 nitrogen and oxygen atoms in total. The van der Waals surface area contributed by atoms with E-state index >= 15 is 0 Å². The van der Waals surface area contributed by atoms with Crippen molar-refractivity contribution in [2.45, 2.75) is 25.3 Å². The minimum atomic E-state index is 0.551. The smallest absolute Gasteiger partial charge is 0.218 e. The number of aromatic nitrogens is 2. The summed E-state index contributed by atoms with van der Waals surface area (Å²) in [6.45, 7) is 2.03. The third-order valence-electron chi connectivity index (χ3n) is 2.79. The van der Waals surface area contributed by atoms with Crippen LogP contribution in [0.5, 0.6) is 5.88 Å². The Hall–Kier alpha value is -1.36. The van der Waals surface area contributed by atoms with Crippen LogP contribution in [-0.2, 0) is 0 Å². The molecule has 0 radical (unpaired) electrons. The molecule has 2 rings (SSSR count). The van der Waals surface area contributed by atoms with Gasteiger partial charge in [-0.3, -0.25) is 0 Å². The third-order valence-corrected chi connectivity index (χ3v) is 2.79. The molecule has 0 aromatic carbocycles. The standard InChI is InChI=1S/C11H18N4O/c1-16-11-6-10(14-8-15-11)13-7-9-4-2-3-5-12-9/h6,8-9,12H,2-5,7H2,1H3,(H,13,14,15). The van der Waals surface area contributed by atoms with Crippen molar-refractivity contribution < 1.29 is 4.74 Å². The van der Waals surface area contributed by atoms with E-state index in [2.05, 4.69) is 20.6 Å². The summed E-state index contributed by atoms with van der Waals surface area (Å²) >= 11 is 0. The van der Waals surface area contributed by atoms with E-state index < -0.39 is 0 Å². The van der Waals surface area contributed by atoms with Crippen molar-refractivity contribution in [3.8, 4) is 5.88 Å². The fraction of sp³-hybridized carbons (Fsp3) is 0.636. The number of hydrogen-bond donors (Lipinski definition) is 2. The lowest BCUT2D eigenvalue weighted by atomic mass is 10.1. The van der Waals surface area contributed by atoms with Crippen molar-refractivity contribution >= 4 is 5.82 Å². The van der Waals surface area contributed by atoms with E-state index in [0.717, 1.165) is 18.9 Å². The second kappa shape index (κ2) is 5.65. The molecule has 0 spiro atoms. The average Bonchev–Trinajstić information content (AvgIpc) is 2.38. The molecule has 1 aromatic rings. The first-order valence-corrected chi connectivity index (χ1v) is 5.72. The number of nitrogens with one attached hydrogen (secondary N) is 2. The Kier molecular flexibility index (Phi) is 3.93. The summed E-state index contributed by atoms with van der Waals surface area (Å²) in [5.41, 5.74) is 0. The van der Waals surface area contributed by atoms with Crippen LogP contribution >= 0.6 is 0 Å². The van der Waals surface area contributed by atoms with Gasteiger partial charge in [-0.05, 0) is 19.4 Å². The minimum Gasteiger partial charge on any atom is -0.481 e. The second-order valence-electron chi connectivity index (χ2n) is 3.97. The van der Waals surface area contributed by atoms with Gasteiger partial charge in [0.25, 0.3) is 0 Å². The summed E-state index contributed by atoms with van der Waals surface area (Å²) in [4.78, 5) is 8.11. The highest BCUT2D eigenvalue weighted by molar-refractivity contribution is 5.37. The van der Waals surface area contributed by atoms with Gasteiger partial charge in [0.1, 0.15) is 12.1 Å². The molecular formula is C11H18N4O. The van der Waals surface area contributed by atoms with Crippen molar-refractivity contribution in [1.82, 2.24) is 15.3 Å². The SMILES string of the molecule is COc1cc(NCC2CCCCN2)ncn1. The molecular weight excluding hydrogens is 204 g/mol. The van der Waals surface area contributed by atoms with Crippen LogP contribution < -0.4 is 15.4 Å². The predicted molar refractivity (Wildman–Crippen MR) is 62.7 cm³/mol. The number of hydrogen-bond acceptors (Lipinski definition) is 5. The molecule has 1 unspecified atom stereocenters. The van der Waals surface area contributed by atoms with Crippen LogP contribution in [0.15, 0.2) is 12.4 Å². The summed E-state index contributed by atoms with van der Waals surface area (Å²) in [6, 6.07) is 2.36. The Morgan fingerprint density at radius 1 is 1.50 bits per heavy atom. The predicted octanol–water partition coefficient (Wildman–Crippen LogP) is 1.04. The number of methoxy groups -OCH3 is 1. The maximum absolute atomic E-state index is 5.04. The molecule has 0 bridgehead atoms. The van der Waals surface area contributed by atoms with Crippen molar-refractivity contribution in [2.24, 2.45) is 0 Å². The Bertz CT molecular complexity index is 326. The van der Waals surface area contributed by atoms with Gasteiger partial charge in [0.2, 0.25) is 5.88 Å². The van der Waals surface area contributed by atoms with E-state index in [0.29, 0.717) is 11.9 Å². The number of ether oxygens (including phenoxy) is 1. The maximum atomic E-state index is 5.04. The van der Waals surface area contributed by atoms with Gasteiger partial charge < -0.3 is 15.4 Å². The second-order valence-corrected chi connectivity index (χ2v) is 3.97. The van der Waals surface area contributed by atoms with E-state index in [1.807, 2.05) is 6.07 Å². The number of rotatable bonds is 4. The minimum absolute atomic E-state index is 0.551. The number of anilines is 1. The Morgan fingerprint density at radius 2 is 2.44 bits per heavy atom. The molecule has 0 saturated carbocycles. The van der Waals surface area contributed by atoms with E-state index in [1.165, 1.54) is 25.6 Å². The first-order chi connectivity index (χ1) is 7.88. The largest absolute Gasteiger partial charge is 0.481 e. The van der Waals surface area contributed by atoms with Gasteiger partial charge in [-0.25, -0.2) is 9.97 Å². The molecule has 5 heteroatoms. The van der Waals surface area contributed by atoms with Gasteiger partial charge in [-0.1, -0.05) is 6.42 Å². The first-order valence-electron chi connectivity index (χ1n) is 5.72. The van der Waals surface area contributed by atoms with Crippen LogP contribution in [0.2, 0.25) is 0 Å². The molecule has 0 aliphatic carbocycles. The Balaban J connectivity index is 1.83. The zero-order valence-corrected chi connectivity index (χ0v) is 9.57. The molecule has 2 N–H and O–H groups in total. The summed E-state index contributed by atoms with van der Waals surface area (Å²) in [7, 11) is 1.61. The van der Waals surface area contributed by atoms with Crippen molar-refractivity contribution in [1.29, 1.82) is 0 Å². The quantitative estimate of drug-likeness (QED) is 0.797. The summed E-state index contributed by atoms with van der Waals surface area (Å²) in [5, 5.41) is 6.78. The zero-order valence-electron chi connectivity index (χ0n) is 9.57. The monoisotopic (exact) mass is 222 g/mol. The highest BCUT2D eigenvalue weighted by atomic mass is 16.5. The van der Waals surface area contributed by atoms with E-state index in [4.69, 9.17) is 4.74 Å². The normalized spacial score (nSPS) is 20.4. The van der Waals surface area contributed by atoms with Crippen LogP contribution in [0.25, 0.3) is 0 Å². The number of piperidine rings is 1. The summed E-state index contributed by atoms with van der Waals surface area (Å²) in [5.74, 6) is 1.41. The van der Waals surface area contributed by atoms with E-state index in [1.54, 1.807) is 7.11 Å². The maximum Gasteiger partial charge on any atom is 0.218 e. The van der Waals surface area contributed by atoms with Gasteiger partial charge in [0.05, 0.1) is 7.11 Å². The van der Waals surface area contributed by atoms with Gasteiger partial charge in [-0.15, -0.1) is 0 Å². The first kappa shape index (κ1) is 11.1. The van der Waals surface area contributed by atoms with Crippen molar-refractivity contribution in [2.75, 3.05) is 25.5 Å². The van der Waals surface area contributed by atoms with Gasteiger partial charge >= 0.3 is 0 Å². The molecule has 1 atom stereocenters. The molecule has 1 aromatic heterocycles. The lowest BCUT2D eigenvalue weighted by Crippen LogP contribution is -2.39. The van der Waals surface area contributed by atoms with Crippen LogP contribution in [0, 0.1) is 0 Å². The lowest BCUT2D eigenvalue weighted by Gasteiger charge is -2.23. The van der Waals surface area contributed by atoms with Crippen LogP contribution in [0.4, 0.5) is 5.82 Å². The van der Waals surface area contributed by atoms with Crippen LogP contribution in [-0.4, -0.2) is 36.2 Å². The highest BCUT2D eigenvalue weighted by Crippen LogP contribution is 2.11. The Morgan fingerprint density at radius 3 is 3.19 bits per heavy atom. The van der Waals surface area contributed by atoms with Crippen LogP contribution in [0.1, 0.15) is 19.3 Å². The van der Waals surface area contributed by atoms with Gasteiger partial charge in [-0.2, -0.15) is 0 Å². The lowest BCUT2D eigenvalue weighted by molar-refractivity contribution is 0.396. The van der Waals surface area contributed by atoms with Gasteiger partial charge in [0, 0.05) is 18.7 Å².